The van der Waals surface area contributed by atoms with E-state index in [4.69, 9.17) is 4.42 Å². The summed E-state index contributed by atoms with van der Waals surface area (Å²) in [5.41, 5.74) is 1.84. The molecule has 0 saturated heterocycles. The van der Waals surface area contributed by atoms with Crippen LogP contribution < -0.4 is 10.6 Å². The molecule has 0 aliphatic carbocycles. The molecular formula is C20H23ClN2O2. The quantitative estimate of drug-likeness (QED) is 0.626. The minimum Gasteiger partial charge on any atom is -0.459 e. The van der Waals surface area contributed by atoms with Gasteiger partial charge in [0, 0.05) is 11.8 Å². The number of para-hydroxylation sites is 1. The van der Waals surface area contributed by atoms with E-state index in [1.165, 1.54) is 0 Å². The number of nitrogens with one attached hydrogen (secondary N) is 2. The smallest absolute Gasteiger partial charge is 0.220 e. The van der Waals surface area contributed by atoms with E-state index >= 15 is 0 Å². The van der Waals surface area contributed by atoms with Gasteiger partial charge in [0.1, 0.15) is 17.4 Å². The molecule has 1 aromatic heterocycles. The fraction of sp³-hybridized carbons (Fsp3) is 0.250. The molecular weight excluding hydrogens is 336 g/mol. The maximum absolute atomic E-state index is 12.3. The van der Waals surface area contributed by atoms with E-state index in [0.29, 0.717) is 6.42 Å². The molecule has 1 unspecified atom stereocenters. The molecule has 3 aromatic rings. The fourth-order valence-corrected chi connectivity index (χ4v) is 2.77. The lowest BCUT2D eigenvalue weighted by Crippen LogP contribution is -2.29. The van der Waals surface area contributed by atoms with E-state index in [1.807, 2.05) is 67.7 Å². The van der Waals surface area contributed by atoms with Crippen molar-refractivity contribution >= 4 is 29.3 Å². The summed E-state index contributed by atoms with van der Waals surface area (Å²) in [4.78, 5) is 12.3. The molecule has 132 valence electrons. The Morgan fingerprint density at radius 1 is 1.08 bits per heavy atom. The molecule has 1 heterocycles. The van der Waals surface area contributed by atoms with Crippen molar-refractivity contribution in [2.24, 2.45) is 0 Å². The van der Waals surface area contributed by atoms with Gasteiger partial charge in [0.15, 0.2) is 0 Å². The van der Waals surface area contributed by atoms with E-state index in [9.17, 15) is 4.79 Å². The van der Waals surface area contributed by atoms with Gasteiger partial charge in [-0.3, -0.25) is 4.79 Å². The molecule has 2 aromatic carbocycles. The lowest BCUT2D eigenvalue weighted by molar-refractivity contribution is -0.121. The van der Waals surface area contributed by atoms with Crippen LogP contribution in [0.1, 0.15) is 30.2 Å². The summed E-state index contributed by atoms with van der Waals surface area (Å²) in [6, 6.07) is 19.5. The Hall–Kier alpha value is -2.30. The fourth-order valence-electron chi connectivity index (χ4n) is 2.77. The maximum atomic E-state index is 12.3. The topological polar surface area (TPSA) is 54.3 Å². The average Bonchev–Trinajstić information content (AvgIpc) is 3.04. The molecule has 0 bridgehead atoms. The highest BCUT2D eigenvalue weighted by atomic mass is 35.5. The summed E-state index contributed by atoms with van der Waals surface area (Å²) < 4.78 is 5.98. The van der Waals surface area contributed by atoms with Crippen molar-refractivity contribution in [3.8, 4) is 0 Å². The summed E-state index contributed by atoms with van der Waals surface area (Å²) in [6.07, 6.45) is 1.30. The minimum atomic E-state index is -0.277. The Bertz CT molecular complexity index is 769. The van der Waals surface area contributed by atoms with Crippen molar-refractivity contribution < 1.29 is 9.21 Å². The molecule has 0 aliphatic rings. The number of benzene rings is 2. The van der Waals surface area contributed by atoms with E-state index in [1.54, 1.807) is 0 Å². The SMILES string of the molecule is CNCCCC(=O)NC(c1ccccc1)c1cc2ccccc2o1.Cl. The van der Waals surface area contributed by atoms with Gasteiger partial charge >= 0.3 is 0 Å². The molecule has 25 heavy (non-hydrogen) atoms. The van der Waals surface area contributed by atoms with Gasteiger partial charge in [-0.1, -0.05) is 48.5 Å². The highest BCUT2D eigenvalue weighted by Gasteiger charge is 2.20. The zero-order valence-corrected chi connectivity index (χ0v) is 15.0. The third-order valence-electron chi connectivity index (χ3n) is 4.00. The third-order valence-corrected chi connectivity index (χ3v) is 4.00. The van der Waals surface area contributed by atoms with Gasteiger partial charge in [0.25, 0.3) is 0 Å². The molecule has 5 heteroatoms. The maximum Gasteiger partial charge on any atom is 0.220 e. The average molecular weight is 359 g/mol. The molecule has 1 amide bonds. The van der Waals surface area contributed by atoms with Crippen LogP contribution in [0.15, 0.2) is 65.1 Å². The number of halogens is 1. The first kappa shape index (κ1) is 19.0. The van der Waals surface area contributed by atoms with Crippen LogP contribution in [-0.2, 0) is 4.79 Å². The second-order valence-electron chi connectivity index (χ2n) is 5.80. The van der Waals surface area contributed by atoms with Crippen molar-refractivity contribution in [3.63, 3.8) is 0 Å². The van der Waals surface area contributed by atoms with Gasteiger partial charge in [-0.2, -0.15) is 0 Å². The van der Waals surface area contributed by atoms with Crippen molar-refractivity contribution in [2.45, 2.75) is 18.9 Å². The molecule has 3 rings (SSSR count). The highest BCUT2D eigenvalue weighted by molar-refractivity contribution is 5.85. The molecule has 0 radical (unpaired) electrons. The molecule has 1 atom stereocenters. The predicted octanol–water partition coefficient (Wildman–Crippen LogP) is 4.06. The van der Waals surface area contributed by atoms with Gasteiger partial charge < -0.3 is 15.1 Å². The van der Waals surface area contributed by atoms with Crippen LogP contribution >= 0.6 is 12.4 Å². The number of furan rings is 1. The summed E-state index contributed by atoms with van der Waals surface area (Å²) in [6.45, 7) is 0.827. The second kappa shape index (κ2) is 9.25. The van der Waals surface area contributed by atoms with Gasteiger partial charge in [-0.25, -0.2) is 0 Å². The van der Waals surface area contributed by atoms with Crippen molar-refractivity contribution in [1.29, 1.82) is 0 Å². The summed E-state index contributed by atoms with van der Waals surface area (Å²) in [5.74, 6) is 0.781. The Kier molecular flexibility index (Phi) is 7.04. The van der Waals surface area contributed by atoms with Crippen molar-refractivity contribution in [2.75, 3.05) is 13.6 Å². The number of fused-ring (bicyclic) bond motifs is 1. The molecule has 0 aliphatic heterocycles. The normalized spacial score (nSPS) is 11.7. The minimum absolute atomic E-state index is 0. The van der Waals surface area contributed by atoms with E-state index in [-0.39, 0.29) is 24.4 Å². The molecule has 0 spiro atoms. The van der Waals surface area contributed by atoms with E-state index in [2.05, 4.69) is 10.6 Å². The number of amides is 1. The second-order valence-corrected chi connectivity index (χ2v) is 5.80. The first-order valence-corrected chi connectivity index (χ1v) is 8.25. The van der Waals surface area contributed by atoms with Gasteiger partial charge in [-0.05, 0) is 37.7 Å². The van der Waals surface area contributed by atoms with Crippen LogP contribution in [0.2, 0.25) is 0 Å². The van der Waals surface area contributed by atoms with Crippen LogP contribution in [0.4, 0.5) is 0 Å². The molecule has 2 N–H and O–H groups in total. The van der Waals surface area contributed by atoms with E-state index < -0.39 is 0 Å². The Balaban J connectivity index is 0.00000225. The third kappa shape index (κ3) is 4.84. The van der Waals surface area contributed by atoms with Crippen molar-refractivity contribution in [3.05, 3.63) is 72.0 Å². The number of hydrogen-bond acceptors (Lipinski definition) is 3. The first-order chi connectivity index (χ1) is 11.8. The molecule has 4 nitrogen and oxygen atoms in total. The lowest BCUT2D eigenvalue weighted by atomic mass is 10.0. The largest absolute Gasteiger partial charge is 0.459 e. The van der Waals surface area contributed by atoms with Crippen LogP contribution in [-0.4, -0.2) is 19.5 Å². The predicted molar refractivity (Wildman–Crippen MR) is 103 cm³/mol. The number of hydrogen-bond donors (Lipinski definition) is 2. The Morgan fingerprint density at radius 2 is 1.80 bits per heavy atom. The molecule has 0 fully saturated rings. The summed E-state index contributed by atoms with van der Waals surface area (Å²) in [7, 11) is 1.89. The van der Waals surface area contributed by atoms with Gasteiger partial charge in [0.2, 0.25) is 5.91 Å². The highest BCUT2D eigenvalue weighted by Crippen LogP contribution is 2.28. The standard InChI is InChI=1S/C20H22N2O2.ClH/c1-21-13-7-12-19(23)22-20(15-8-3-2-4-9-15)18-14-16-10-5-6-11-17(16)24-18;/h2-6,8-11,14,20-21H,7,12-13H2,1H3,(H,22,23);1H. The summed E-state index contributed by atoms with van der Waals surface area (Å²) >= 11 is 0. The zero-order chi connectivity index (χ0) is 16.8. The van der Waals surface area contributed by atoms with E-state index in [0.717, 1.165) is 35.3 Å². The Labute approximate surface area is 154 Å². The number of carbonyl (C=O) groups excluding carboxylic acids is 1. The van der Waals surface area contributed by atoms with Crippen LogP contribution in [0.3, 0.4) is 0 Å². The van der Waals surface area contributed by atoms with Crippen molar-refractivity contribution in [1.82, 2.24) is 10.6 Å². The first-order valence-electron chi connectivity index (χ1n) is 8.25. The number of rotatable bonds is 7. The van der Waals surface area contributed by atoms with Crippen LogP contribution in [0.5, 0.6) is 0 Å². The zero-order valence-electron chi connectivity index (χ0n) is 14.2. The monoisotopic (exact) mass is 358 g/mol. The van der Waals surface area contributed by atoms with Gasteiger partial charge in [-0.15, -0.1) is 12.4 Å². The van der Waals surface area contributed by atoms with Gasteiger partial charge in [0.05, 0.1) is 0 Å². The summed E-state index contributed by atoms with van der Waals surface area (Å²) in [5, 5.41) is 7.21. The van der Waals surface area contributed by atoms with Crippen LogP contribution in [0.25, 0.3) is 11.0 Å². The van der Waals surface area contributed by atoms with Crippen LogP contribution in [0, 0.1) is 0 Å². The Morgan fingerprint density at radius 3 is 2.52 bits per heavy atom. The number of carbonyl (C=O) groups is 1. The molecule has 0 saturated carbocycles. The lowest BCUT2D eigenvalue weighted by Gasteiger charge is -2.17.